The van der Waals surface area contributed by atoms with Crippen LogP contribution in [0.2, 0.25) is 5.02 Å². The highest BCUT2D eigenvalue weighted by Gasteiger charge is 2.14. The van der Waals surface area contributed by atoms with E-state index in [-0.39, 0.29) is 22.3 Å². The van der Waals surface area contributed by atoms with Crippen molar-refractivity contribution >= 4 is 58.2 Å². The highest BCUT2D eigenvalue weighted by atomic mass is 35.5. The Morgan fingerprint density at radius 1 is 0.882 bits per heavy atom. The molecule has 0 aliphatic rings. The van der Waals surface area contributed by atoms with Gasteiger partial charge in [-0.15, -0.1) is 0 Å². The summed E-state index contributed by atoms with van der Waals surface area (Å²) >= 11 is 11.1. The van der Waals surface area contributed by atoms with Crippen LogP contribution in [0.3, 0.4) is 0 Å². The molecule has 0 aromatic heterocycles. The van der Waals surface area contributed by atoms with Crippen LogP contribution in [0.4, 0.5) is 11.4 Å². The van der Waals surface area contributed by atoms with Crippen LogP contribution in [0.25, 0.3) is 6.08 Å². The first kappa shape index (κ1) is 25.1. The lowest BCUT2D eigenvalue weighted by Gasteiger charge is -2.19. The van der Waals surface area contributed by atoms with Crippen LogP contribution in [-0.4, -0.2) is 16.9 Å². The first-order valence-corrected chi connectivity index (χ1v) is 11.5. The molecule has 7 heteroatoms. The predicted octanol–water partition coefficient (Wildman–Crippen LogP) is 6.42. The number of nitrogens with one attached hydrogen (secondary N) is 3. The molecular formula is C27H26ClN3O2S. The Morgan fingerprint density at radius 3 is 2.12 bits per heavy atom. The Bertz CT molecular complexity index is 1210. The number of thiocarbonyl (C=S) groups is 1. The highest BCUT2D eigenvalue weighted by Crippen LogP contribution is 2.23. The van der Waals surface area contributed by atoms with Gasteiger partial charge in [-0.05, 0) is 77.3 Å². The van der Waals surface area contributed by atoms with E-state index in [1.807, 2.05) is 24.3 Å². The van der Waals surface area contributed by atoms with Gasteiger partial charge in [0.1, 0.15) is 0 Å². The second-order valence-electron chi connectivity index (χ2n) is 8.69. The molecule has 34 heavy (non-hydrogen) atoms. The van der Waals surface area contributed by atoms with Crippen molar-refractivity contribution in [3.05, 3.63) is 101 Å². The molecule has 0 bridgehead atoms. The molecule has 0 atom stereocenters. The van der Waals surface area contributed by atoms with E-state index in [9.17, 15) is 9.59 Å². The number of rotatable bonds is 5. The topological polar surface area (TPSA) is 70.2 Å². The van der Waals surface area contributed by atoms with E-state index in [2.05, 4.69) is 36.7 Å². The molecule has 0 saturated carbocycles. The lowest BCUT2D eigenvalue weighted by Crippen LogP contribution is -2.32. The van der Waals surface area contributed by atoms with E-state index in [1.54, 1.807) is 54.6 Å². The van der Waals surface area contributed by atoms with Gasteiger partial charge in [0.25, 0.3) is 5.91 Å². The highest BCUT2D eigenvalue weighted by molar-refractivity contribution is 7.80. The zero-order valence-electron chi connectivity index (χ0n) is 19.2. The molecule has 0 radical (unpaired) electrons. The summed E-state index contributed by atoms with van der Waals surface area (Å²) < 4.78 is 0. The third-order valence-corrected chi connectivity index (χ3v) is 5.38. The third-order valence-electron chi connectivity index (χ3n) is 4.93. The molecular weight excluding hydrogens is 466 g/mol. The summed E-state index contributed by atoms with van der Waals surface area (Å²) in [7, 11) is 0. The number of amides is 2. The van der Waals surface area contributed by atoms with Crippen molar-refractivity contribution in [3.8, 4) is 0 Å². The van der Waals surface area contributed by atoms with Crippen LogP contribution in [0.1, 0.15) is 42.3 Å². The molecule has 3 rings (SSSR count). The zero-order valence-corrected chi connectivity index (χ0v) is 20.8. The number of carbonyl (C=O) groups excluding carboxylic acids is 2. The molecule has 0 heterocycles. The second-order valence-corrected chi connectivity index (χ2v) is 9.54. The molecule has 3 aromatic carbocycles. The SMILES string of the molecule is CC(C)(C)c1ccc(C(=O)Nc2cccc(NC(=S)NC(=O)/C=C/c3ccc(Cl)cc3)c2)cc1. The van der Waals surface area contributed by atoms with Gasteiger partial charge in [-0.3, -0.25) is 14.9 Å². The minimum atomic E-state index is -0.365. The maximum Gasteiger partial charge on any atom is 0.255 e. The van der Waals surface area contributed by atoms with Crippen LogP contribution in [0.15, 0.2) is 78.9 Å². The summed E-state index contributed by atoms with van der Waals surface area (Å²) in [6, 6.07) is 21.8. The lowest BCUT2D eigenvalue weighted by molar-refractivity contribution is -0.115. The van der Waals surface area contributed by atoms with E-state index in [0.717, 1.165) is 11.1 Å². The fourth-order valence-corrected chi connectivity index (χ4v) is 3.41. The molecule has 3 aromatic rings. The lowest BCUT2D eigenvalue weighted by atomic mass is 9.87. The fraction of sp³-hybridized carbons (Fsp3) is 0.148. The second kappa shape index (κ2) is 11.1. The predicted molar refractivity (Wildman–Crippen MR) is 144 cm³/mol. The molecule has 0 aliphatic heterocycles. The number of carbonyl (C=O) groups is 2. The summed E-state index contributed by atoms with van der Waals surface area (Å²) in [6.07, 6.45) is 3.05. The van der Waals surface area contributed by atoms with Crippen molar-refractivity contribution in [3.63, 3.8) is 0 Å². The van der Waals surface area contributed by atoms with Crippen molar-refractivity contribution < 1.29 is 9.59 Å². The average molecular weight is 492 g/mol. The largest absolute Gasteiger partial charge is 0.332 e. The van der Waals surface area contributed by atoms with Gasteiger partial charge < -0.3 is 10.6 Å². The van der Waals surface area contributed by atoms with Gasteiger partial charge in [-0.25, -0.2) is 0 Å². The summed E-state index contributed by atoms with van der Waals surface area (Å²) in [5.41, 5.74) is 3.83. The van der Waals surface area contributed by atoms with Gasteiger partial charge in [0.15, 0.2) is 5.11 Å². The van der Waals surface area contributed by atoms with E-state index in [4.69, 9.17) is 23.8 Å². The minimum absolute atomic E-state index is 0.0223. The molecule has 2 amide bonds. The van der Waals surface area contributed by atoms with E-state index < -0.39 is 0 Å². The zero-order chi connectivity index (χ0) is 24.7. The standard InChI is InChI=1S/C27H26ClN3O2S/c1-27(2,3)20-12-10-19(11-13-20)25(33)29-22-5-4-6-23(17-22)30-26(34)31-24(32)16-9-18-7-14-21(28)15-8-18/h4-17H,1-3H3,(H,29,33)(H2,30,31,32,34)/b16-9+. The van der Waals surface area contributed by atoms with Crippen LogP contribution < -0.4 is 16.0 Å². The summed E-state index contributed by atoms with van der Waals surface area (Å²) in [5, 5.41) is 9.20. The average Bonchev–Trinajstić information content (AvgIpc) is 2.78. The Kier molecular flexibility index (Phi) is 8.21. The minimum Gasteiger partial charge on any atom is -0.332 e. The summed E-state index contributed by atoms with van der Waals surface area (Å²) in [5.74, 6) is -0.573. The smallest absolute Gasteiger partial charge is 0.255 e. The van der Waals surface area contributed by atoms with Crippen molar-refractivity contribution in [1.82, 2.24) is 5.32 Å². The molecule has 0 unspecified atom stereocenters. The van der Waals surface area contributed by atoms with Crippen LogP contribution in [0.5, 0.6) is 0 Å². The Labute approximate surface area is 210 Å². The molecule has 3 N–H and O–H groups in total. The third kappa shape index (κ3) is 7.54. The monoisotopic (exact) mass is 491 g/mol. The van der Waals surface area contributed by atoms with Gasteiger partial charge in [0.05, 0.1) is 0 Å². The van der Waals surface area contributed by atoms with E-state index in [1.165, 1.54) is 6.08 Å². The van der Waals surface area contributed by atoms with Crippen molar-refractivity contribution in [1.29, 1.82) is 0 Å². The quantitative estimate of drug-likeness (QED) is 0.284. The van der Waals surface area contributed by atoms with Gasteiger partial charge in [0, 0.05) is 28.0 Å². The first-order valence-electron chi connectivity index (χ1n) is 10.7. The van der Waals surface area contributed by atoms with Crippen LogP contribution in [-0.2, 0) is 10.2 Å². The van der Waals surface area contributed by atoms with Gasteiger partial charge in [-0.1, -0.05) is 62.7 Å². The van der Waals surface area contributed by atoms with Gasteiger partial charge in [-0.2, -0.15) is 0 Å². The number of hydrogen-bond donors (Lipinski definition) is 3. The molecule has 0 saturated heterocycles. The molecule has 174 valence electrons. The normalized spacial score (nSPS) is 11.2. The first-order chi connectivity index (χ1) is 16.1. The van der Waals surface area contributed by atoms with E-state index >= 15 is 0 Å². The van der Waals surface area contributed by atoms with Crippen molar-refractivity contribution in [2.45, 2.75) is 26.2 Å². The Morgan fingerprint density at radius 2 is 1.50 bits per heavy atom. The van der Waals surface area contributed by atoms with Crippen molar-refractivity contribution in [2.24, 2.45) is 0 Å². The molecule has 0 aliphatic carbocycles. The number of hydrogen-bond acceptors (Lipinski definition) is 3. The van der Waals surface area contributed by atoms with E-state index in [0.29, 0.717) is 22.0 Å². The van der Waals surface area contributed by atoms with Crippen molar-refractivity contribution in [2.75, 3.05) is 10.6 Å². The van der Waals surface area contributed by atoms with Crippen LogP contribution in [0, 0.1) is 0 Å². The Balaban J connectivity index is 1.56. The number of halogens is 1. The maximum atomic E-state index is 12.6. The van der Waals surface area contributed by atoms with Gasteiger partial charge >= 0.3 is 0 Å². The van der Waals surface area contributed by atoms with Gasteiger partial charge in [0.2, 0.25) is 5.91 Å². The Hall–Kier alpha value is -3.48. The molecule has 0 fully saturated rings. The number of anilines is 2. The summed E-state index contributed by atoms with van der Waals surface area (Å²) in [4.78, 5) is 24.8. The molecule has 5 nitrogen and oxygen atoms in total. The number of benzene rings is 3. The fourth-order valence-electron chi connectivity index (χ4n) is 3.06. The molecule has 0 spiro atoms. The summed E-state index contributed by atoms with van der Waals surface area (Å²) in [6.45, 7) is 6.39. The van der Waals surface area contributed by atoms with Crippen LogP contribution >= 0.6 is 23.8 Å². The maximum absolute atomic E-state index is 12.6.